The summed E-state index contributed by atoms with van der Waals surface area (Å²) in [6, 6.07) is 9.13. The van der Waals surface area contributed by atoms with E-state index in [1.165, 1.54) is 12.1 Å². The van der Waals surface area contributed by atoms with Crippen molar-refractivity contribution in [3.63, 3.8) is 0 Å². The number of carbonyl (C=O) groups excluding carboxylic acids is 1. The Morgan fingerprint density at radius 2 is 1.83 bits per heavy atom. The molecule has 1 aromatic heterocycles. The van der Waals surface area contributed by atoms with Gasteiger partial charge >= 0.3 is 12.1 Å². The highest BCUT2D eigenvalue weighted by Crippen LogP contribution is 2.34. The molecule has 9 heteroatoms. The lowest BCUT2D eigenvalue weighted by atomic mass is 10.0. The number of aliphatic hydroxyl groups excluding tert-OH is 1. The normalized spacial score (nSPS) is 12.7. The van der Waals surface area contributed by atoms with Gasteiger partial charge in [0.2, 0.25) is 0 Å². The van der Waals surface area contributed by atoms with Crippen LogP contribution < -0.4 is 11.3 Å². The second-order valence-corrected chi connectivity index (χ2v) is 6.83. The van der Waals surface area contributed by atoms with Crippen LogP contribution in [0.15, 0.2) is 47.3 Å². The highest BCUT2D eigenvalue weighted by atomic mass is 19.4. The molecule has 0 aliphatic carbocycles. The number of benzene rings is 2. The lowest BCUT2D eigenvalue weighted by molar-refractivity contribution is -0.137. The van der Waals surface area contributed by atoms with E-state index in [-0.39, 0.29) is 34.8 Å². The highest BCUT2D eigenvalue weighted by molar-refractivity contribution is 6.04. The van der Waals surface area contributed by atoms with E-state index < -0.39 is 28.8 Å². The molecule has 0 spiro atoms. The van der Waals surface area contributed by atoms with E-state index in [9.17, 15) is 27.9 Å². The fourth-order valence-electron chi connectivity index (χ4n) is 3.20. The summed E-state index contributed by atoms with van der Waals surface area (Å²) in [5.74, 6) is -1.15. The van der Waals surface area contributed by atoms with Crippen molar-refractivity contribution in [1.82, 2.24) is 4.57 Å². The average Bonchev–Trinajstić information content (AvgIpc) is 2.72. The first-order valence-electron chi connectivity index (χ1n) is 8.95. The zero-order valence-electron chi connectivity index (χ0n) is 16.2. The third kappa shape index (κ3) is 3.63. The molecule has 0 bridgehead atoms. The first-order chi connectivity index (χ1) is 14.1. The first kappa shape index (κ1) is 21.4. The van der Waals surface area contributed by atoms with Gasteiger partial charge in [-0.15, -0.1) is 0 Å². The van der Waals surface area contributed by atoms with Crippen LogP contribution in [0.25, 0.3) is 16.6 Å². The summed E-state index contributed by atoms with van der Waals surface area (Å²) in [7, 11) is 1.08. The minimum absolute atomic E-state index is 0.0917. The fraction of sp³-hybridized carbons (Fsp3) is 0.238. The summed E-state index contributed by atoms with van der Waals surface area (Å²) in [4.78, 5) is 25.3. The number of hydrogen-bond acceptors (Lipinski definition) is 5. The monoisotopic (exact) mass is 420 g/mol. The van der Waals surface area contributed by atoms with E-state index in [2.05, 4.69) is 4.74 Å². The van der Waals surface area contributed by atoms with Gasteiger partial charge in [0.05, 0.1) is 23.9 Å². The number of nitrogen functional groups attached to an aromatic ring is 1. The summed E-state index contributed by atoms with van der Waals surface area (Å²) < 4.78 is 45.5. The number of nitrogens with two attached hydrogens (primary N) is 1. The maximum atomic E-state index is 13.3. The number of alkyl halides is 3. The van der Waals surface area contributed by atoms with Gasteiger partial charge in [-0.2, -0.15) is 13.2 Å². The largest absolute Gasteiger partial charge is 0.465 e. The number of halogens is 3. The van der Waals surface area contributed by atoms with Gasteiger partial charge < -0.3 is 15.6 Å². The molecule has 0 fully saturated rings. The molecule has 0 saturated carbocycles. The molecule has 0 amide bonds. The third-order valence-electron chi connectivity index (χ3n) is 4.93. The number of rotatable bonds is 4. The van der Waals surface area contributed by atoms with Gasteiger partial charge in [-0.05, 0) is 29.8 Å². The molecule has 0 aliphatic rings. The number of nitrogens with zero attached hydrogens (tertiary/aromatic N) is 1. The van der Waals surface area contributed by atoms with Crippen LogP contribution in [0.1, 0.15) is 34.3 Å². The maximum Gasteiger partial charge on any atom is 0.416 e. The minimum Gasteiger partial charge on any atom is -0.465 e. The predicted octanol–water partition coefficient (Wildman–Crippen LogP) is 3.47. The molecule has 1 unspecified atom stereocenters. The molecule has 3 rings (SSSR count). The number of hydrogen-bond donors (Lipinski definition) is 2. The number of carbonyl (C=O) groups is 1. The summed E-state index contributed by atoms with van der Waals surface area (Å²) in [5, 5.41) is 9.40. The van der Waals surface area contributed by atoms with Crippen LogP contribution in [-0.2, 0) is 10.9 Å². The fourth-order valence-corrected chi connectivity index (χ4v) is 3.20. The van der Waals surface area contributed by atoms with Crippen molar-refractivity contribution in [3.8, 4) is 5.69 Å². The van der Waals surface area contributed by atoms with E-state index in [1.54, 1.807) is 19.1 Å². The second-order valence-electron chi connectivity index (χ2n) is 6.83. The van der Waals surface area contributed by atoms with Crippen LogP contribution in [0, 0.1) is 0 Å². The van der Waals surface area contributed by atoms with Gasteiger partial charge in [0, 0.05) is 23.6 Å². The number of anilines is 1. The maximum absolute atomic E-state index is 13.3. The highest BCUT2D eigenvalue weighted by Gasteiger charge is 2.32. The molecule has 0 aliphatic heterocycles. The first-order valence-corrected chi connectivity index (χ1v) is 8.95. The van der Waals surface area contributed by atoms with E-state index in [0.29, 0.717) is 0 Å². The second kappa shape index (κ2) is 7.83. The molecule has 2 aromatic carbocycles. The summed E-state index contributed by atoms with van der Waals surface area (Å²) in [5.41, 5.74) is 4.32. The number of methoxy groups -OCH3 is 1. The van der Waals surface area contributed by atoms with Crippen LogP contribution in [0.5, 0.6) is 0 Å². The Morgan fingerprint density at radius 3 is 2.37 bits per heavy atom. The Kier molecular flexibility index (Phi) is 5.58. The van der Waals surface area contributed by atoms with E-state index in [4.69, 9.17) is 5.73 Å². The molecule has 0 saturated heterocycles. The Labute approximate surface area is 169 Å². The van der Waals surface area contributed by atoms with Gasteiger partial charge in [-0.3, -0.25) is 9.36 Å². The van der Waals surface area contributed by atoms with Gasteiger partial charge in [-0.1, -0.05) is 25.1 Å². The number of aliphatic hydroxyl groups is 1. The lowest BCUT2D eigenvalue weighted by Gasteiger charge is -2.17. The Balaban J connectivity index is 2.39. The van der Waals surface area contributed by atoms with Crippen molar-refractivity contribution in [2.75, 3.05) is 19.5 Å². The van der Waals surface area contributed by atoms with E-state index in [0.717, 1.165) is 35.4 Å². The molecule has 1 atom stereocenters. The van der Waals surface area contributed by atoms with Gasteiger partial charge in [0.25, 0.3) is 5.56 Å². The van der Waals surface area contributed by atoms with Crippen molar-refractivity contribution in [1.29, 1.82) is 0 Å². The minimum atomic E-state index is -4.63. The van der Waals surface area contributed by atoms with Crippen LogP contribution in [0.2, 0.25) is 0 Å². The zero-order valence-corrected chi connectivity index (χ0v) is 16.2. The summed E-state index contributed by atoms with van der Waals surface area (Å²) in [6.45, 7) is 1.70. The quantitative estimate of drug-likeness (QED) is 0.631. The zero-order chi connectivity index (χ0) is 22.2. The molecular weight excluding hydrogens is 401 g/mol. The topological polar surface area (TPSA) is 94.6 Å². The third-order valence-corrected chi connectivity index (χ3v) is 4.93. The predicted molar refractivity (Wildman–Crippen MR) is 106 cm³/mol. The Hall–Kier alpha value is -3.33. The molecule has 3 N–H and O–H groups in total. The Morgan fingerprint density at radius 1 is 1.20 bits per heavy atom. The van der Waals surface area contributed by atoms with Gasteiger partial charge in [0.15, 0.2) is 0 Å². The van der Waals surface area contributed by atoms with Crippen LogP contribution in [0.4, 0.5) is 18.9 Å². The van der Waals surface area contributed by atoms with Crippen molar-refractivity contribution in [2.24, 2.45) is 0 Å². The van der Waals surface area contributed by atoms with Crippen LogP contribution >= 0.6 is 0 Å². The Bertz CT molecular complexity index is 1170. The number of ether oxygens (including phenoxy) is 1. The SMILES string of the molecule is COC(=O)c1c(N)c2ccc(C(F)(F)F)cc2n(-c2ccc(C(C)CO)cc2)c1=O. The number of fused-ring (bicyclic) bond motifs is 1. The van der Waals surface area contributed by atoms with Gasteiger partial charge in [-0.25, -0.2) is 4.79 Å². The molecule has 1 heterocycles. The van der Waals surface area contributed by atoms with E-state index in [1.807, 2.05) is 0 Å². The summed E-state index contributed by atoms with van der Waals surface area (Å²) >= 11 is 0. The average molecular weight is 420 g/mol. The molecule has 30 heavy (non-hydrogen) atoms. The van der Waals surface area contributed by atoms with Crippen molar-refractivity contribution < 1.29 is 27.8 Å². The number of pyridine rings is 1. The van der Waals surface area contributed by atoms with Gasteiger partial charge in [0.1, 0.15) is 5.56 Å². The molecular formula is C21H19F3N2O4. The summed E-state index contributed by atoms with van der Waals surface area (Å²) in [6.07, 6.45) is -4.63. The standard InChI is InChI=1S/C21H19F3N2O4/c1-11(10-27)12-3-6-14(7-4-12)26-16-9-13(21(22,23)24)5-8-15(16)18(25)17(19(26)28)20(29)30-2/h3-9,11,27H,10,25H2,1-2H3. The van der Waals surface area contributed by atoms with Crippen LogP contribution in [-0.4, -0.2) is 29.4 Å². The lowest BCUT2D eigenvalue weighted by Crippen LogP contribution is -2.28. The van der Waals surface area contributed by atoms with Crippen molar-refractivity contribution in [2.45, 2.75) is 19.0 Å². The number of aromatic nitrogens is 1. The molecule has 0 radical (unpaired) electrons. The molecule has 6 nitrogen and oxygen atoms in total. The van der Waals surface area contributed by atoms with Crippen molar-refractivity contribution >= 4 is 22.6 Å². The van der Waals surface area contributed by atoms with E-state index >= 15 is 0 Å². The molecule has 158 valence electrons. The number of esters is 1. The van der Waals surface area contributed by atoms with Crippen molar-refractivity contribution in [3.05, 3.63) is 69.5 Å². The molecule has 3 aromatic rings. The van der Waals surface area contributed by atoms with Crippen LogP contribution in [0.3, 0.4) is 0 Å². The smallest absolute Gasteiger partial charge is 0.416 e.